The van der Waals surface area contributed by atoms with Crippen molar-refractivity contribution in [3.63, 3.8) is 0 Å². The van der Waals surface area contributed by atoms with E-state index in [1.165, 1.54) is 0 Å². The van der Waals surface area contributed by atoms with Gasteiger partial charge in [0.25, 0.3) is 0 Å². The summed E-state index contributed by atoms with van der Waals surface area (Å²) in [7, 11) is 1.66. The highest BCUT2D eigenvalue weighted by atomic mass is 16.5. The minimum atomic E-state index is 0.115. The number of hydrogen-bond donors (Lipinski definition) is 1. The van der Waals surface area contributed by atoms with Crippen LogP contribution in [0, 0.1) is 0 Å². The van der Waals surface area contributed by atoms with E-state index in [-0.39, 0.29) is 5.91 Å². The van der Waals surface area contributed by atoms with Crippen LogP contribution >= 0.6 is 0 Å². The topological polar surface area (TPSA) is 79.8 Å². The van der Waals surface area contributed by atoms with Crippen LogP contribution in [0.2, 0.25) is 0 Å². The quantitative estimate of drug-likeness (QED) is 0.442. The number of carbonyl (C=O) groups excluding carboxylic acids is 1. The Hall–Kier alpha value is -3.23. The van der Waals surface area contributed by atoms with Gasteiger partial charge in [-0.25, -0.2) is 9.97 Å². The number of anilines is 1. The number of fused-ring (bicyclic) bond motifs is 1. The molecule has 1 aliphatic carbocycles. The molecule has 1 saturated carbocycles. The number of morpholine rings is 1. The van der Waals surface area contributed by atoms with Crippen molar-refractivity contribution in [1.29, 1.82) is 0 Å². The summed E-state index contributed by atoms with van der Waals surface area (Å²) in [5.74, 6) is 2.47. The van der Waals surface area contributed by atoms with Crippen LogP contribution in [-0.2, 0) is 9.53 Å². The van der Waals surface area contributed by atoms with Crippen LogP contribution in [0.4, 0.5) is 5.82 Å². The van der Waals surface area contributed by atoms with Gasteiger partial charge in [-0.3, -0.25) is 9.69 Å². The first-order valence-electron chi connectivity index (χ1n) is 13.0. The Morgan fingerprint density at radius 1 is 1.08 bits per heavy atom. The van der Waals surface area contributed by atoms with Crippen molar-refractivity contribution in [2.75, 3.05) is 57.9 Å². The number of nitrogens with one attached hydrogen (secondary N) is 1. The summed E-state index contributed by atoms with van der Waals surface area (Å²) < 4.78 is 10.8. The van der Waals surface area contributed by atoms with Gasteiger partial charge < -0.3 is 19.7 Å². The maximum Gasteiger partial charge on any atom is 0.221 e. The fourth-order valence-corrected chi connectivity index (χ4v) is 4.57. The molecular formula is C28H35N5O3. The van der Waals surface area contributed by atoms with Crippen LogP contribution in [0.15, 0.2) is 48.5 Å². The van der Waals surface area contributed by atoms with Gasteiger partial charge in [-0.2, -0.15) is 0 Å². The first kappa shape index (κ1) is 24.5. The Kier molecular flexibility index (Phi) is 7.93. The molecule has 2 aromatic carbocycles. The molecule has 1 aliphatic heterocycles. The highest BCUT2D eigenvalue weighted by molar-refractivity contribution is 5.91. The molecule has 1 aromatic heterocycles. The predicted octanol–water partition coefficient (Wildman–Crippen LogP) is 3.50. The zero-order valence-electron chi connectivity index (χ0n) is 21.0. The largest absolute Gasteiger partial charge is 0.497 e. The number of carbonyl (C=O) groups is 1. The smallest absolute Gasteiger partial charge is 0.221 e. The van der Waals surface area contributed by atoms with Crippen molar-refractivity contribution >= 4 is 22.6 Å². The molecule has 8 heteroatoms. The van der Waals surface area contributed by atoms with Crippen molar-refractivity contribution in [3.05, 3.63) is 48.5 Å². The predicted molar refractivity (Wildman–Crippen MR) is 141 cm³/mol. The van der Waals surface area contributed by atoms with Crippen LogP contribution in [0.1, 0.15) is 25.7 Å². The molecule has 1 N–H and O–H groups in total. The van der Waals surface area contributed by atoms with Gasteiger partial charge in [0.1, 0.15) is 11.6 Å². The van der Waals surface area contributed by atoms with E-state index in [1.54, 1.807) is 7.11 Å². The monoisotopic (exact) mass is 489 g/mol. The molecular weight excluding hydrogens is 454 g/mol. The lowest BCUT2D eigenvalue weighted by atomic mass is 10.1. The molecule has 8 nitrogen and oxygen atoms in total. The van der Waals surface area contributed by atoms with Gasteiger partial charge in [0, 0.05) is 56.1 Å². The molecule has 0 unspecified atom stereocenters. The second-order valence-corrected chi connectivity index (χ2v) is 9.50. The molecule has 2 heterocycles. The Morgan fingerprint density at radius 3 is 2.61 bits per heavy atom. The lowest BCUT2D eigenvalue weighted by molar-refractivity contribution is -0.121. The first-order chi connectivity index (χ1) is 17.7. The zero-order valence-corrected chi connectivity index (χ0v) is 21.0. The Bertz CT molecular complexity index is 1160. The summed E-state index contributed by atoms with van der Waals surface area (Å²) in [6.45, 7) is 5.98. The standard InChI is InChI=1S/C28H35N5O3/c1-35-23-11-7-21(8-12-23)27-30-25-6-3-2-5-24(25)28(31-27)33(16-13-26(34)29-22-9-10-22)15-4-14-32-17-19-36-20-18-32/h2-3,5-8,11-12,22H,4,9-10,13-20H2,1H3,(H,29,34). The van der Waals surface area contributed by atoms with Crippen LogP contribution in [0.25, 0.3) is 22.3 Å². The normalized spacial score (nSPS) is 16.1. The highest BCUT2D eigenvalue weighted by Gasteiger charge is 2.24. The first-order valence-corrected chi connectivity index (χ1v) is 13.0. The van der Waals surface area contributed by atoms with Crippen LogP contribution in [0.5, 0.6) is 5.75 Å². The number of ether oxygens (including phenoxy) is 2. The van der Waals surface area contributed by atoms with Gasteiger partial charge in [0.2, 0.25) is 5.91 Å². The van der Waals surface area contributed by atoms with E-state index >= 15 is 0 Å². The van der Waals surface area contributed by atoms with Crippen LogP contribution < -0.4 is 15.0 Å². The average Bonchev–Trinajstić information content (AvgIpc) is 3.74. The zero-order chi connectivity index (χ0) is 24.7. The summed E-state index contributed by atoms with van der Waals surface area (Å²) >= 11 is 0. The summed E-state index contributed by atoms with van der Waals surface area (Å²) in [4.78, 5) is 27.2. The SMILES string of the molecule is COc1ccc(-c2nc(N(CCCN3CCOCC3)CCC(=O)NC3CC3)c3ccccc3n2)cc1. The van der Waals surface area contributed by atoms with E-state index in [9.17, 15) is 4.79 Å². The van der Waals surface area contributed by atoms with E-state index in [0.29, 0.717) is 24.8 Å². The minimum Gasteiger partial charge on any atom is -0.497 e. The van der Waals surface area contributed by atoms with Gasteiger partial charge in [-0.05, 0) is 55.7 Å². The molecule has 2 aliphatic rings. The maximum atomic E-state index is 12.6. The number of amides is 1. The van der Waals surface area contributed by atoms with Crippen LogP contribution in [0.3, 0.4) is 0 Å². The van der Waals surface area contributed by atoms with E-state index in [0.717, 1.165) is 86.7 Å². The lowest BCUT2D eigenvalue weighted by Gasteiger charge is -2.29. The van der Waals surface area contributed by atoms with Crippen molar-refractivity contribution in [3.8, 4) is 17.1 Å². The highest BCUT2D eigenvalue weighted by Crippen LogP contribution is 2.29. The average molecular weight is 490 g/mol. The number of para-hydroxylation sites is 1. The second kappa shape index (κ2) is 11.7. The fourth-order valence-electron chi connectivity index (χ4n) is 4.57. The molecule has 1 amide bonds. The number of nitrogens with zero attached hydrogens (tertiary/aromatic N) is 4. The third-order valence-corrected chi connectivity index (χ3v) is 6.79. The van der Waals surface area contributed by atoms with E-state index < -0.39 is 0 Å². The molecule has 190 valence electrons. The van der Waals surface area contributed by atoms with Crippen molar-refractivity contribution in [2.45, 2.75) is 31.7 Å². The maximum absolute atomic E-state index is 12.6. The van der Waals surface area contributed by atoms with Gasteiger partial charge in [0.05, 0.1) is 25.8 Å². The second-order valence-electron chi connectivity index (χ2n) is 9.50. The van der Waals surface area contributed by atoms with Crippen LogP contribution in [-0.4, -0.2) is 79.9 Å². The van der Waals surface area contributed by atoms with Gasteiger partial charge in [-0.15, -0.1) is 0 Å². The van der Waals surface area contributed by atoms with Gasteiger partial charge >= 0.3 is 0 Å². The Balaban J connectivity index is 1.41. The number of hydrogen-bond acceptors (Lipinski definition) is 7. The Labute approximate surface area is 212 Å². The summed E-state index contributed by atoms with van der Waals surface area (Å²) in [6, 6.07) is 16.3. The summed E-state index contributed by atoms with van der Waals surface area (Å²) in [6.07, 6.45) is 3.62. The lowest BCUT2D eigenvalue weighted by Crippen LogP contribution is -2.39. The molecule has 0 radical (unpaired) electrons. The van der Waals surface area contributed by atoms with E-state index in [1.807, 2.05) is 42.5 Å². The van der Waals surface area contributed by atoms with Gasteiger partial charge in [0.15, 0.2) is 5.82 Å². The Morgan fingerprint density at radius 2 is 1.86 bits per heavy atom. The molecule has 0 atom stereocenters. The molecule has 0 spiro atoms. The van der Waals surface area contributed by atoms with E-state index in [2.05, 4.69) is 21.2 Å². The van der Waals surface area contributed by atoms with Gasteiger partial charge in [-0.1, -0.05) is 12.1 Å². The van der Waals surface area contributed by atoms with Crippen molar-refractivity contribution in [1.82, 2.24) is 20.2 Å². The number of benzene rings is 2. The third-order valence-electron chi connectivity index (χ3n) is 6.79. The summed E-state index contributed by atoms with van der Waals surface area (Å²) in [5.41, 5.74) is 1.83. The molecule has 2 fully saturated rings. The molecule has 36 heavy (non-hydrogen) atoms. The molecule has 1 saturated heterocycles. The molecule has 3 aromatic rings. The minimum absolute atomic E-state index is 0.115. The van der Waals surface area contributed by atoms with Crippen molar-refractivity contribution in [2.24, 2.45) is 0 Å². The number of methoxy groups -OCH3 is 1. The number of rotatable bonds is 11. The molecule has 0 bridgehead atoms. The van der Waals surface area contributed by atoms with Crippen molar-refractivity contribution < 1.29 is 14.3 Å². The third kappa shape index (κ3) is 6.30. The summed E-state index contributed by atoms with van der Waals surface area (Å²) in [5, 5.41) is 4.12. The number of aromatic nitrogens is 2. The fraction of sp³-hybridized carbons (Fsp3) is 0.464. The van der Waals surface area contributed by atoms with E-state index in [4.69, 9.17) is 19.4 Å². The molecule has 5 rings (SSSR count).